The summed E-state index contributed by atoms with van der Waals surface area (Å²) < 4.78 is 31.8. The van der Waals surface area contributed by atoms with Crippen molar-refractivity contribution in [3.8, 4) is 11.4 Å². The third kappa shape index (κ3) is 3.30. The van der Waals surface area contributed by atoms with E-state index in [1.165, 1.54) is 16.9 Å². The van der Waals surface area contributed by atoms with E-state index < -0.39 is 10.0 Å². The molecule has 1 aromatic carbocycles. The molecule has 27 heavy (non-hydrogen) atoms. The predicted octanol–water partition coefficient (Wildman–Crippen LogP) is 0.301. The van der Waals surface area contributed by atoms with Crippen molar-refractivity contribution in [1.29, 1.82) is 0 Å². The van der Waals surface area contributed by atoms with Crippen LogP contribution < -0.4 is 9.64 Å². The fourth-order valence-corrected chi connectivity index (χ4v) is 3.94. The lowest BCUT2D eigenvalue weighted by Gasteiger charge is -2.33. The summed E-state index contributed by atoms with van der Waals surface area (Å²) in [6, 6.07) is 7.46. The first-order valence-corrected chi connectivity index (χ1v) is 10.2. The average molecular weight is 389 g/mol. The van der Waals surface area contributed by atoms with Gasteiger partial charge in [0, 0.05) is 32.2 Å². The van der Waals surface area contributed by atoms with Gasteiger partial charge >= 0.3 is 0 Å². The molecular weight excluding hydrogens is 370 g/mol. The van der Waals surface area contributed by atoms with Gasteiger partial charge in [-0.2, -0.15) is 8.99 Å². The van der Waals surface area contributed by atoms with Crippen LogP contribution in [0, 0.1) is 0 Å². The molecule has 2 aromatic heterocycles. The van der Waals surface area contributed by atoms with Gasteiger partial charge < -0.3 is 9.64 Å². The van der Waals surface area contributed by atoms with Crippen LogP contribution in [0.15, 0.2) is 30.6 Å². The number of nitrogens with zero attached hydrogens (tertiary/aromatic N) is 7. The van der Waals surface area contributed by atoms with Crippen molar-refractivity contribution in [2.45, 2.75) is 0 Å². The molecule has 0 amide bonds. The molecular formula is C16H19N7O3S. The molecule has 4 rings (SSSR count). The molecule has 11 heteroatoms. The molecule has 0 N–H and O–H groups in total. The molecule has 1 aliphatic heterocycles. The number of anilines is 1. The number of ether oxygens (including phenoxy) is 1. The molecule has 0 atom stereocenters. The van der Waals surface area contributed by atoms with Crippen LogP contribution in [0.4, 0.5) is 5.82 Å². The van der Waals surface area contributed by atoms with Crippen LogP contribution >= 0.6 is 0 Å². The zero-order chi connectivity index (χ0) is 19.0. The molecule has 0 saturated carbocycles. The summed E-state index contributed by atoms with van der Waals surface area (Å²) in [5.74, 6) is 1.37. The molecule has 3 heterocycles. The van der Waals surface area contributed by atoms with Crippen molar-refractivity contribution >= 4 is 27.0 Å². The lowest BCUT2D eigenvalue weighted by atomic mass is 10.3. The number of hydrogen-bond acceptors (Lipinski definition) is 8. The Hall–Kier alpha value is -2.79. The largest absolute Gasteiger partial charge is 0.497 e. The topological polar surface area (TPSA) is 106 Å². The second-order valence-electron chi connectivity index (χ2n) is 6.22. The van der Waals surface area contributed by atoms with Crippen molar-refractivity contribution in [2.75, 3.05) is 44.4 Å². The Balaban J connectivity index is 1.67. The van der Waals surface area contributed by atoms with Crippen LogP contribution in [-0.4, -0.2) is 77.2 Å². The summed E-state index contributed by atoms with van der Waals surface area (Å²) in [5, 5.41) is 8.49. The molecule has 1 saturated heterocycles. The van der Waals surface area contributed by atoms with E-state index in [4.69, 9.17) is 4.74 Å². The van der Waals surface area contributed by atoms with Gasteiger partial charge in [-0.3, -0.25) is 0 Å². The molecule has 1 aliphatic rings. The maximum absolute atomic E-state index is 11.7. The Labute approximate surface area is 156 Å². The van der Waals surface area contributed by atoms with Crippen LogP contribution in [0.1, 0.15) is 0 Å². The minimum atomic E-state index is -3.18. The minimum Gasteiger partial charge on any atom is -0.497 e. The van der Waals surface area contributed by atoms with E-state index in [9.17, 15) is 8.42 Å². The lowest BCUT2D eigenvalue weighted by Crippen LogP contribution is -2.48. The lowest BCUT2D eigenvalue weighted by molar-refractivity contribution is 0.387. The summed E-state index contributed by atoms with van der Waals surface area (Å²) in [6.45, 7) is 1.89. The summed E-state index contributed by atoms with van der Waals surface area (Å²) in [5.41, 5.74) is 1.94. The van der Waals surface area contributed by atoms with E-state index in [0.29, 0.717) is 48.9 Å². The smallest absolute Gasteiger partial charge is 0.211 e. The van der Waals surface area contributed by atoms with Gasteiger partial charge in [0.15, 0.2) is 17.0 Å². The normalized spacial score (nSPS) is 16.0. The van der Waals surface area contributed by atoms with Crippen LogP contribution in [0.25, 0.3) is 16.9 Å². The first-order valence-electron chi connectivity index (χ1n) is 8.38. The molecule has 1 fully saturated rings. The number of sulfonamides is 1. The minimum absolute atomic E-state index is 0.411. The average Bonchev–Trinajstić information content (AvgIpc) is 3.12. The molecule has 0 spiro atoms. The van der Waals surface area contributed by atoms with Gasteiger partial charge in [-0.1, -0.05) is 11.3 Å². The van der Waals surface area contributed by atoms with Gasteiger partial charge in [0.2, 0.25) is 10.0 Å². The number of fused-ring (bicyclic) bond motifs is 1. The van der Waals surface area contributed by atoms with Gasteiger partial charge in [-0.25, -0.2) is 18.4 Å². The zero-order valence-electron chi connectivity index (χ0n) is 15.0. The van der Waals surface area contributed by atoms with Gasteiger partial charge in [0.25, 0.3) is 0 Å². The summed E-state index contributed by atoms with van der Waals surface area (Å²) in [7, 11) is -1.58. The van der Waals surface area contributed by atoms with Crippen molar-refractivity contribution in [3.05, 3.63) is 30.6 Å². The summed E-state index contributed by atoms with van der Waals surface area (Å²) in [4.78, 5) is 10.7. The Morgan fingerprint density at radius 2 is 1.89 bits per heavy atom. The Bertz CT molecular complexity index is 1070. The van der Waals surface area contributed by atoms with Crippen molar-refractivity contribution in [3.63, 3.8) is 0 Å². The monoisotopic (exact) mass is 389 g/mol. The van der Waals surface area contributed by atoms with Gasteiger partial charge in [0.05, 0.1) is 19.1 Å². The molecule has 0 unspecified atom stereocenters. The fraction of sp³-hybridized carbons (Fsp3) is 0.375. The third-order valence-corrected chi connectivity index (χ3v) is 5.83. The molecule has 0 aliphatic carbocycles. The Kier molecular flexibility index (Phi) is 4.40. The quantitative estimate of drug-likeness (QED) is 0.627. The van der Waals surface area contributed by atoms with Crippen LogP contribution in [-0.2, 0) is 10.0 Å². The van der Waals surface area contributed by atoms with Gasteiger partial charge in [-0.15, -0.1) is 5.10 Å². The maximum Gasteiger partial charge on any atom is 0.211 e. The van der Waals surface area contributed by atoms with Gasteiger partial charge in [-0.05, 0) is 12.1 Å². The third-order valence-electron chi connectivity index (χ3n) is 4.52. The highest BCUT2D eigenvalue weighted by Gasteiger charge is 2.26. The molecule has 10 nitrogen and oxygen atoms in total. The number of aromatic nitrogens is 5. The van der Waals surface area contributed by atoms with Crippen LogP contribution in [0.3, 0.4) is 0 Å². The van der Waals surface area contributed by atoms with Crippen LogP contribution in [0.5, 0.6) is 5.75 Å². The SMILES string of the molecule is COc1cccc(-n2nnc3c(N4CCN(S(C)(=O)=O)CC4)ncnc32)c1. The number of piperazine rings is 1. The highest BCUT2D eigenvalue weighted by molar-refractivity contribution is 7.88. The van der Waals surface area contributed by atoms with Gasteiger partial charge in [0.1, 0.15) is 12.1 Å². The van der Waals surface area contributed by atoms with E-state index in [1.54, 1.807) is 11.8 Å². The van der Waals surface area contributed by atoms with Crippen LogP contribution in [0.2, 0.25) is 0 Å². The molecule has 3 aromatic rings. The highest BCUT2D eigenvalue weighted by Crippen LogP contribution is 2.25. The van der Waals surface area contributed by atoms with Crippen molar-refractivity contribution in [1.82, 2.24) is 29.3 Å². The second kappa shape index (κ2) is 6.74. The summed E-state index contributed by atoms with van der Waals surface area (Å²) >= 11 is 0. The number of methoxy groups -OCH3 is 1. The van der Waals surface area contributed by atoms with Crippen molar-refractivity contribution in [2.24, 2.45) is 0 Å². The molecule has 0 radical (unpaired) electrons. The van der Waals surface area contributed by atoms with E-state index in [1.807, 2.05) is 29.2 Å². The highest BCUT2D eigenvalue weighted by atomic mass is 32.2. The fourth-order valence-electron chi connectivity index (χ4n) is 3.12. The Morgan fingerprint density at radius 3 is 2.59 bits per heavy atom. The van der Waals surface area contributed by atoms with E-state index >= 15 is 0 Å². The summed E-state index contributed by atoms with van der Waals surface area (Å²) in [6.07, 6.45) is 2.70. The number of benzene rings is 1. The molecule has 142 valence electrons. The zero-order valence-corrected chi connectivity index (χ0v) is 15.8. The first-order chi connectivity index (χ1) is 13.0. The Morgan fingerprint density at radius 1 is 1.11 bits per heavy atom. The van der Waals surface area contributed by atoms with E-state index in [2.05, 4.69) is 20.3 Å². The molecule has 0 bridgehead atoms. The van der Waals surface area contributed by atoms with E-state index in [0.717, 1.165) is 5.69 Å². The first kappa shape index (κ1) is 17.6. The maximum atomic E-state index is 11.7. The van der Waals surface area contributed by atoms with E-state index in [-0.39, 0.29) is 0 Å². The standard InChI is InChI=1S/C16H19N7O3S/c1-26-13-5-3-4-12(10-13)23-16-14(19-20-23)15(17-11-18-16)21-6-8-22(9-7-21)27(2,24)25/h3-5,10-11H,6-9H2,1-2H3. The predicted molar refractivity (Wildman–Crippen MR) is 99.6 cm³/mol. The second-order valence-corrected chi connectivity index (χ2v) is 8.20. The number of rotatable bonds is 4. The van der Waals surface area contributed by atoms with Crippen molar-refractivity contribution < 1.29 is 13.2 Å². The number of hydrogen-bond donors (Lipinski definition) is 0.